The van der Waals surface area contributed by atoms with E-state index in [1.165, 1.54) is 5.56 Å². The third-order valence-corrected chi connectivity index (χ3v) is 3.91. The van der Waals surface area contributed by atoms with Crippen LogP contribution < -0.4 is 4.74 Å². The summed E-state index contributed by atoms with van der Waals surface area (Å²) in [6.07, 6.45) is 2.23. The van der Waals surface area contributed by atoms with Crippen LogP contribution in [0.1, 0.15) is 36.8 Å². The van der Waals surface area contributed by atoms with Crippen LogP contribution in [0.3, 0.4) is 0 Å². The van der Waals surface area contributed by atoms with Gasteiger partial charge in [0, 0.05) is 0 Å². The largest absolute Gasteiger partial charge is 0.497 e. The Morgan fingerprint density at radius 1 is 1.09 bits per heavy atom. The van der Waals surface area contributed by atoms with E-state index in [1.54, 1.807) is 7.11 Å². The Balaban J connectivity index is 2.11. The normalized spacial score (nSPS) is 11.7. The molecule has 3 nitrogen and oxygen atoms in total. The van der Waals surface area contributed by atoms with Crippen LogP contribution in [0.25, 0.3) is 0 Å². The molecule has 1 atom stereocenters. The highest BCUT2D eigenvalue weighted by molar-refractivity contribution is 5.70. The van der Waals surface area contributed by atoms with Crippen molar-refractivity contribution in [1.29, 1.82) is 0 Å². The van der Waals surface area contributed by atoms with Crippen LogP contribution in [0.4, 0.5) is 0 Å². The molecule has 23 heavy (non-hydrogen) atoms. The Morgan fingerprint density at radius 2 is 1.87 bits per heavy atom. The van der Waals surface area contributed by atoms with Gasteiger partial charge in [-0.25, -0.2) is 0 Å². The van der Waals surface area contributed by atoms with Gasteiger partial charge in [0.05, 0.1) is 20.1 Å². The second kappa shape index (κ2) is 8.99. The summed E-state index contributed by atoms with van der Waals surface area (Å²) in [6, 6.07) is 18.3. The zero-order valence-corrected chi connectivity index (χ0v) is 13.8. The van der Waals surface area contributed by atoms with Gasteiger partial charge in [0.15, 0.2) is 0 Å². The van der Waals surface area contributed by atoms with Crippen molar-refractivity contribution in [3.05, 3.63) is 65.7 Å². The molecule has 0 aliphatic carbocycles. The molecule has 0 radical (unpaired) electrons. The number of benzene rings is 2. The van der Waals surface area contributed by atoms with Gasteiger partial charge in [-0.2, -0.15) is 0 Å². The molecule has 3 heteroatoms. The highest BCUT2D eigenvalue weighted by atomic mass is 16.5. The van der Waals surface area contributed by atoms with Crippen LogP contribution in [-0.2, 0) is 16.0 Å². The standard InChI is InChI=1S/C20H24O3/c1-3-23-20(21)15-18(13-12-16-8-5-4-6-9-16)17-10-7-11-19(14-17)22-2/h4-11,14,18H,3,12-13,15H2,1-2H3/t18-/m0/s1. The summed E-state index contributed by atoms with van der Waals surface area (Å²) in [7, 11) is 1.66. The molecule has 0 fully saturated rings. The third kappa shape index (κ3) is 5.44. The molecule has 2 aromatic rings. The minimum atomic E-state index is -0.145. The minimum absolute atomic E-state index is 0.129. The fourth-order valence-corrected chi connectivity index (χ4v) is 2.69. The van der Waals surface area contributed by atoms with Crippen molar-refractivity contribution in [3.63, 3.8) is 0 Å². The molecule has 0 heterocycles. The van der Waals surface area contributed by atoms with E-state index >= 15 is 0 Å². The zero-order chi connectivity index (χ0) is 16.5. The molecule has 2 aromatic carbocycles. The molecule has 0 aliphatic heterocycles. The molecule has 0 bridgehead atoms. The topological polar surface area (TPSA) is 35.5 Å². The second-order valence-electron chi connectivity index (χ2n) is 5.51. The van der Waals surface area contributed by atoms with Crippen molar-refractivity contribution in [1.82, 2.24) is 0 Å². The van der Waals surface area contributed by atoms with Crippen LogP contribution in [0.15, 0.2) is 54.6 Å². The molecule has 0 unspecified atom stereocenters. The van der Waals surface area contributed by atoms with E-state index < -0.39 is 0 Å². The molecule has 2 rings (SSSR count). The lowest BCUT2D eigenvalue weighted by Crippen LogP contribution is -2.11. The third-order valence-electron chi connectivity index (χ3n) is 3.91. The first kappa shape index (κ1) is 17.1. The van der Waals surface area contributed by atoms with Crippen molar-refractivity contribution < 1.29 is 14.3 Å². The lowest BCUT2D eigenvalue weighted by atomic mass is 9.89. The van der Waals surface area contributed by atoms with Crippen molar-refractivity contribution in [2.24, 2.45) is 0 Å². The van der Waals surface area contributed by atoms with Gasteiger partial charge in [-0.3, -0.25) is 4.79 Å². The first-order chi connectivity index (χ1) is 11.2. The molecule has 122 valence electrons. The van der Waals surface area contributed by atoms with Gasteiger partial charge < -0.3 is 9.47 Å². The quantitative estimate of drug-likeness (QED) is 0.679. The van der Waals surface area contributed by atoms with Crippen molar-refractivity contribution >= 4 is 5.97 Å². The number of hydrogen-bond acceptors (Lipinski definition) is 3. The van der Waals surface area contributed by atoms with E-state index in [4.69, 9.17) is 9.47 Å². The number of esters is 1. The highest BCUT2D eigenvalue weighted by Gasteiger charge is 2.17. The van der Waals surface area contributed by atoms with Crippen molar-refractivity contribution in [2.45, 2.75) is 32.1 Å². The summed E-state index contributed by atoms with van der Waals surface area (Å²) in [5.41, 5.74) is 2.40. The lowest BCUT2D eigenvalue weighted by molar-refractivity contribution is -0.143. The maximum atomic E-state index is 11.9. The van der Waals surface area contributed by atoms with Crippen LogP contribution in [0.2, 0.25) is 0 Å². The van der Waals surface area contributed by atoms with Crippen LogP contribution in [0, 0.1) is 0 Å². The van der Waals surface area contributed by atoms with Crippen molar-refractivity contribution in [2.75, 3.05) is 13.7 Å². The summed E-state index contributed by atoms with van der Waals surface area (Å²) in [5.74, 6) is 0.800. The molecule has 0 amide bonds. The highest BCUT2D eigenvalue weighted by Crippen LogP contribution is 2.28. The average Bonchev–Trinajstić information content (AvgIpc) is 2.59. The lowest BCUT2D eigenvalue weighted by Gasteiger charge is -2.17. The first-order valence-corrected chi connectivity index (χ1v) is 8.06. The van der Waals surface area contributed by atoms with Gasteiger partial charge in [-0.1, -0.05) is 42.5 Å². The smallest absolute Gasteiger partial charge is 0.306 e. The zero-order valence-electron chi connectivity index (χ0n) is 13.8. The minimum Gasteiger partial charge on any atom is -0.497 e. The summed E-state index contributed by atoms with van der Waals surface area (Å²) in [6.45, 7) is 2.25. The predicted molar refractivity (Wildman–Crippen MR) is 91.7 cm³/mol. The average molecular weight is 312 g/mol. The van der Waals surface area contributed by atoms with Crippen LogP contribution >= 0.6 is 0 Å². The molecule has 0 saturated carbocycles. The van der Waals surface area contributed by atoms with Gasteiger partial charge in [0.2, 0.25) is 0 Å². The summed E-state index contributed by atoms with van der Waals surface area (Å²) in [4.78, 5) is 11.9. The van der Waals surface area contributed by atoms with Gasteiger partial charge >= 0.3 is 5.97 Å². The van der Waals surface area contributed by atoms with E-state index in [2.05, 4.69) is 18.2 Å². The predicted octanol–water partition coefficient (Wildman–Crippen LogP) is 4.36. The molecule has 0 saturated heterocycles. The fourth-order valence-electron chi connectivity index (χ4n) is 2.69. The van der Waals surface area contributed by atoms with Crippen LogP contribution in [-0.4, -0.2) is 19.7 Å². The van der Waals surface area contributed by atoms with Crippen molar-refractivity contribution in [3.8, 4) is 5.75 Å². The summed E-state index contributed by atoms with van der Waals surface area (Å²) in [5, 5.41) is 0. The maximum absolute atomic E-state index is 11.9. The molecule has 0 aromatic heterocycles. The number of rotatable bonds is 8. The Bertz CT molecular complexity index is 607. The maximum Gasteiger partial charge on any atom is 0.306 e. The molecular formula is C20H24O3. The number of carbonyl (C=O) groups is 1. The summed E-state index contributed by atoms with van der Waals surface area (Å²) >= 11 is 0. The number of methoxy groups -OCH3 is 1. The Labute approximate surface area is 138 Å². The van der Waals surface area contributed by atoms with E-state index in [9.17, 15) is 4.79 Å². The number of carbonyl (C=O) groups excluding carboxylic acids is 1. The monoisotopic (exact) mass is 312 g/mol. The SMILES string of the molecule is CCOC(=O)C[C@H](CCc1ccccc1)c1cccc(OC)c1. The number of ether oxygens (including phenoxy) is 2. The van der Waals surface area contributed by atoms with E-state index in [-0.39, 0.29) is 11.9 Å². The fraction of sp³-hybridized carbons (Fsp3) is 0.350. The molecule has 0 aliphatic rings. The van der Waals surface area contributed by atoms with E-state index in [0.717, 1.165) is 24.2 Å². The number of hydrogen-bond donors (Lipinski definition) is 0. The second-order valence-corrected chi connectivity index (χ2v) is 5.51. The van der Waals surface area contributed by atoms with Gasteiger partial charge in [-0.05, 0) is 48.9 Å². The van der Waals surface area contributed by atoms with E-state index in [1.807, 2.05) is 43.3 Å². The molecular weight excluding hydrogens is 288 g/mol. The first-order valence-electron chi connectivity index (χ1n) is 8.06. The van der Waals surface area contributed by atoms with Gasteiger partial charge in [0.1, 0.15) is 5.75 Å². The Kier molecular flexibility index (Phi) is 6.67. The van der Waals surface area contributed by atoms with Crippen LogP contribution in [0.5, 0.6) is 5.75 Å². The Hall–Kier alpha value is -2.29. The van der Waals surface area contributed by atoms with E-state index in [0.29, 0.717) is 13.0 Å². The number of aryl methyl sites for hydroxylation is 1. The Morgan fingerprint density at radius 3 is 2.57 bits per heavy atom. The summed E-state index contributed by atoms with van der Waals surface area (Å²) < 4.78 is 10.4. The van der Waals surface area contributed by atoms with Gasteiger partial charge in [0.25, 0.3) is 0 Å². The van der Waals surface area contributed by atoms with Gasteiger partial charge in [-0.15, -0.1) is 0 Å². The molecule has 0 spiro atoms. The molecule has 0 N–H and O–H groups in total.